The van der Waals surface area contributed by atoms with Crippen molar-refractivity contribution in [2.24, 2.45) is 11.3 Å². The van der Waals surface area contributed by atoms with Crippen LogP contribution < -0.4 is 0 Å². The molecule has 0 bridgehead atoms. The summed E-state index contributed by atoms with van der Waals surface area (Å²) in [7, 11) is 1.64. The van der Waals surface area contributed by atoms with Crippen LogP contribution >= 0.6 is 11.6 Å². The minimum Gasteiger partial charge on any atom is -0.362 e. The summed E-state index contributed by atoms with van der Waals surface area (Å²) >= 11 is 5.82. The van der Waals surface area contributed by atoms with Crippen LogP contribution in [-0.4, -0.2) is 40.1 Å². The van der Waals surface area contributed by atoms with Crippen molar-refractivity contribution >= 4 is 17.5 Å². The predicted molar refractivity (Wildman–Crippen MR) is 89.0 cm³/mol. The smallest absolute Gasteiger partial charge is 0.237 e. The second-order valence-corrected chi connectivity index (χ2v) is 7.36. The number of amides is 1. The monoisotopic (exact) mass is 339 g/mol. The third-order valence-electron chi connectivity index (χ3n) is 5.48. The Balaban J connectivity index is 1.61. The second-order valence-electron chi connectivity index (χ2n) is 7.09. The van der Waals surface area contributed by atoms with E-state index in [-0.39, 0.29) is 11.8 Å². The second kappa shape index (κ2) is 7.22. The van der Waals surface area contributed by atoms with Gasteiger partial charge in [0.25, 0.3) is 0 Å². The Hall–Kier alpha value is -1.07. The van der Waals surface area contributed by atoms with Gasteiger partial charge >= 0.3 is 0 Å². The first-order chi connectivity index (χ1) is 11.2. The van der Waals surface area contributed by atoms with E-state index in [2.05, 4.69) is 5.10 Å². The van der Waals surface area contributed by atoms with E-state index in [0.29, 0.717) is 24.6 Å². The van der Waals surface area contributed by atoms with Gasteiger partial charge in [-0.05, 0) is 55.9 Å². The average molecular weight is 340 g/mol. The number of hydrogen-bond donors (Lipinski definition) is 0. The molecule has 0 aromatic carbocycles. The highest BCUT2D eigenvalue weighted by Gasteiger charge is 2.44. The van der Waals surface area contributed by atoms with Gasteiger partial charge in [-0.1, -0.05) is 0 Å². The highest BCUT2D eigenvalue weighted by molar-refractivity contribution is 6.27. The summed E-state index contributed by atoms with van der Waals surface area (Å²) in [6, 6.07) is 1.94. The lowest BCUT2D eigenvalue weighted by Gasteiger charge is -2.33. The zero-order valence-corrected chi connectivity index (χ0v) is 14.6. The van der Waals surface area contributed by atoms with Gasteiger partial charge in [0.15, 0.2) is 0 Å². The topological polar surface area (TPSA) is 47.4 Å². The van der Waals surface area contributed by atoms with Crippen LogP contribution in [0.2, 0.25) is 0 Å². The number of nitrogens with zero attached hydrogens (tertiary/aromatic N) is 3. The van der Waals surface area contributed by atoms with Crippen molar-refractivity contribution in [2.75, 3.05) is 19.5 Å². The molecule has 0 radical (unpaired) electrons. The molecular formula is C17H26ClN3O2. The zero-order valence-electron chi connectivity index (χ0n) is 13.8. The normalized spacial score (nSPS) is 19.9. The molecule has 0 saturated heterocycles. The zero-order chi connectivity index (χ0) is 16.3. The number of halogens is 1. The Kier molecular flexibility index (Phi) is 5.27. The lowest BCUT2D eigenvalue weighted by Crippen LogP contribution is -2.37. The van der Waals surface area contributed by atoms with E-state index in [9.17, 15) is 4.79 Å². The van der Waals surface area contributed by atoms with E-state index in [1.54, 1.807) is 18.0 Å². The summed E-state index contributed by atoms with van der Waals surface area (Å²) in [4.78, 5) is 14.1. The maximum Gasteiger partial charge on any atom is 0.237 e. The van der Waals surface area contributed by atoms with Crippen LogP contribution in [0.4, 0.5) is 0 Å². The number of carbonyl (C=O) groups is 1. The SMILES string of the molecule is COCn1nccc1CN(CC1CCC2(CC1)CC2)C(=O)CCl. The first kappa shape index (κ1) is 16.8. The van der Waals surface area contributed by atoms with E-state index >= 15 is 0 Å². The van der Waals surface area contributed by atoms with E-state index < -0.39 is 0 Å². The molecular weight excluding hydrogens is 314 g/mol. The number of aromatic nitrogens is 2. The molecule has 1 aromatic heterocycles. The van der Waals surface area contributed by atoms with Crippen LogP contribution in [0, 0.1) is 11.3 Å². The van der Waals surface area contributed by atoms with Crippen molar-refractivity contribution in [3.8, 4) is 0 Å². The minimum absolute atomic E-state index is 0.00328. The van der Waals surface area contributed by atoms with Crippen molar-refractivity contribution in [3.63, 3.8) is 0 Å². The molecule has 0 atom stereocenters. The highest BCUT2D eigenvalue weighted by Crippen LogP contribution is 2.57. The van der Waals surface area contributed by atoms with E-state index in [0.717, 1.165) is 12.2 Å². The molecule has 2 fully saturated rings. The van der Waals surface area contributed by atoms with Crippen LogP contribution in [0.25, 0.3) is 0 Å². The molecule has 0 N–H and O–H groups in total. The van der Waals surface area contributed by atoms with Crippen molar-refractivity contribution in [1.29, 1.82) is 0 Å². The molecule has 6 heteroatoms. The van der Waals surface area contributed by atoms with Crippen LogP contribution in [0.5, 0.6) is 0 Å². The quantitative estimate of drug-likeness (QED) is 0.717. The number of alkyl halides is 1. The average Bonchev–Trinajstić information content (AvgIpc) is 3.18. The van der Waals surface area contributed by atoms with Crippen molar-refractivity contribution in [2.45, 2.75) is 51.8 Å². The molecule has 0 aliphatic heterocycles. The Morgan fingerprint density at radius 1 is 1.43 bits per heavy atom. The highest BCUT2D eigenvalue weighted by atomic mass is 35.5. The molecule has 0 unspecified atom stereocenters. The molecule has 1 heterocycles. The lowest BCUT2D eigenvalue weighted by atomic mass is 9.79. The summed E-state index contributed by atoms with van der Waals surface area (Å²) in [5, 5.41) is 4.24. The van der Waals surface area contributed by atoms with Gasteiger partial charge in [-0.2, -0.15) is 5.10 Å². The van der Waals surface area contributed by atoms with Gasteiger partial charge in [0.1, 0.15) is 12.6 Å². The third-order valence-corrected chi connectivity index (χ3v) is 5.71. The van der Waals surface area contributed by atoms with Crippen LogP contribution in [0.3, 0.4) is 0 Å². The van der Waals surface area contributed by atoms with Gasteiger partial charge < -0.3 is 9.64 Å². The summed E-state index contributed by atoms with van der Waals surface area (Å²) in [5.74, 6) is 0.644. The maximum atomic E-state index is 12.3. The van der Waals surface area contributed by atoms with Gasteiger partial charge in [-0.3, -0.25) is 4.79 Å². The molecule has 23 heavy (non-hydrogen) atoms. The summed E-state index contributed by atoms with van der Waals surface area (Å²) < 4.78 is 6.93. The first-order valence-electron chi connectivity index (χ1n) is 8.49. The van der Waals surface area contributed by atoms with Gasteiger partial charge in [-0.25, -0.2) is 4.68 Å². The molecule has 2 aliphatic rings. The fraction of sp³-hybridized carbons (Fsp3) is 0.765. The Morgan fingerprint density at radius 3 is 2.78 bits per heavy atom. The number of carbonyl (C=O) groups excluding carboxylic acids is 1. The Labute approximate surface area is 142 Å². The summed E-state index contributed by atoms with van der Waals surface area (Å²) in [6.07, 6.45) is 9.73. The molecule has 2 aliphatic carbocycles. The van der Waals surface area contributed by atoms with E-state index in [1.165, 1.54) is 38.5 Å². The Morgan fingerprint density at radius 2 is 2.17 bits per heavy atom. The number of rotatable bonds is 7. The molecule has 1 amide bonds. The molecule has 5 nitrogen and oxygen atoms in total. The number of hydrogen-bond acceptors (Lipinski definition) is 3. The molecule has 1 aromatic rings. The van der Waals surface area contributed by atoms with E-state index in [1.807, 2.05) is 11.0 Å². The molecule has 128 valence electrons. The summed E-state index contributed by atoms with van der Waals surface area (Å²) in [6.45, 7) is 1.76. The molecule has 3 rings (SSSR count). The minimum atomic E-state index is 0.00328. The largest absolute Gasteiger partial charge is 0.362 e. The fourth-order valence-electron chi connectivity index (χ4n) is 3.73. The Bertz CT molecular complexity index is 532. The first-order valence-corrected chi connectivity index (χ1v) is 9.03. The standard InChI is InChI=1S/C17H26ClN3O2/c1-23-13-21-15(4-9-19-21)12-20(16(22)10-18)11-14-2-5-17(6-3-14)7-8-17/h4,9,14H,2-3,5-8,10-13H2,1H3. The third kappa shape index (κ3) is 4.07. The van der Waals surface area contributed by atoms with Gasteiger partial charge in [0.05, 0.1) is 12.2 Å². The molecule has 1 spiro atoms. The fourth-order valence-corrected chi connectivity index (χ4v) is 3.90. The number of methoxy groups -OCH3 is 1. The maximum absolute atomic E-state index is 12.3. The van der Waals surface area contributed by atoms with Gasteiger partial charge in [-0.15, -0.1) is 11.6 Å². The van der Waals surface area contributed by atoms with Gasteiger partial charge in [0, 0.05) is 19.9 Å². The molecule has 2 saturated carbocycles. The summed E-state index contributed by atoms with van der Waals surface area (Å²) in [5.41, 5.74) is 1.68. The lowest BCUT2D eigenvalue weighted by molar-refractivity contribution is -0.130. The van der Waals surface area contributed by atoms with E-state index in [4.69, 9.17) is 16.3 Å². The van der Waals surface area contributed by atoms with Crippen molar-refractivity contribution in [3.05, 3.63) is 18.0 Å². The van der Waals surface area contributed by atoms with Crippen molar-refractivity contribution < 1.29 is 9.53 Å². The van der Waals surface area contributed by atoms with Gasteiger partial charge in [0.2, 0.25) is 5.91 Å². The predicted octanol–water partition coefficient (Wildman–Crippen LogP) is 3.02. The van der Waals surface area contributed by atoms with Crippen LogP contribution in [0.15, 0.2) is 12.3 Å². The van der Waals surface area contributed by atoms with Crippen molar-refractivity contribution in [1.82, 2.24) is 14.7 Å². The number of ether oxygens (including phenoxy) is 1. The van der Waals surface area contributed by atoms with Crippen LogP contribution in [0.1, 0.15) is 44.2 Å². The van der Waals surface area contributed by atoms with Crippen LogP contribution in [-0.2, 0) is 22.8 Å².